The van der Waals surface area contributed by atoms with Crippen molar-refractivity contribution in [1.82, 2.24) is 4.90 Å². The molecule has 0 aromatic heterocycles. The summed E-state index contributed by atoms with van der Waals surface area (Å²) < 4.78 is 0. The molecule has 112 valence electrons. The highest BCUT2D eigenvalue weighted by atomic mass is 16.3. The molecule has 1 aromatic carbocycles. The Morgan fingerprint density at radius 2 is 1.80 bits per heavy atom. The van der Waals surface area contributed by atoms with E-state index in [-0.39, 0.29) is 12.1 Å². The van der Waals surface area contributed by atoms with E-state index in [0.717, 1.165) is 18.7 Å². The lowest BCUT2D eigenvalue weighted by Gasteiger charge is -2.32. The summed E-state index contributed by atoms with van der Waals surface area (Å²) in [5, 5.41) is 10.6. The second-order valence-electron chi connectivity index (χ2n) is 6.52. The molecule has 2 atom stereocenters. The molecule has 0 radical (unpaired) electrons. The van der Waals surface area contributed by atoms with Gasteiger partial charge in [0.05, 0.1) is 6.10 Å². The number of hydrogen-bond acceptors (Lipinski definition) is 2. The number of aryl methyl sites for hydroxylation is 1. The zero-order valence-electron chi connectivity index (χ0n) is 13.4. The predicted octanol–water partition coefficient (Wildman–Crippen LogP) is 3.93. The van der Waals surface area contributed by atoms with Crippen molar-refractivity contribution in [3.05, 3.63) is 35.4 Å². The molecule has 2 unspecified atom stereocenters. The van der Waals surface area contributed by atoms with E-state index in [9.17, 15) is 5.11 Å². The standard InChI is InChI=1S/C18H29NO/c1-5-18(6-2)11-12-19(13-18)15(4)17(20)16-9-7-14(3)8-10-16/h7-10,15,17,20H,5-6,11-13H2,1-4H3. The summed E-state index contributed by atoms with van der Waals surface area (Å²) in [7, 11) is 0. The fourth-order valence-electron chi connectivity index (χ4n) is 3.39. The molecule has 1 saturated heterocycles. The van der Waals surface area contributed by atoms with E-state index in [4.69, 9.17) is 0 Å². The van der Waals surface area contributed by atoms with Gasteiger partial charge in [0.2, 0.25) is 0 Å². The molecule has 1 aromatic rings. The molecular weight excluding hydrogens is 246 g/mol. The molecule has 1 N–H and O–H groups in total. The van der Waals surface area contributed by atoms with Gasteiger partial charge in [-0.15, -0.1) is 0 Å². The van der Waals surface area contributed by atoms with Crippen LogP contribution in [0.1, 0.15) is 57.3 Å². The third-order valence-electron chi connectivity index (χ3n) is 5.42. The van der Waals surface area contributed by atoms with E-state index >= 15 is 0 Å². The molecule has 1 heterocycles. The lowest BCUT2D eigenvalue weighted by Crippen LogP contribution is -2.37. The first-order valence-electron chi connectivity index (χ1n) is 8.00. The van der Waals surface area contributed by atoms with Gasteiger partial charge in [-0.3, -0.25) is 4.90 Å². The quantitative estimate of drug-likeness (QED) is 0.880. The van der Waals surface area contributed by atoms with E-state index in [1.165, 1.54) is 24.8 Å². The number of benzene rings is 1. The maximum Gasteiger partial charge on any atom is 0.0942 e. The van der Waals surface area contributed by atoms with Crippen LogP contribution < -0.4 is 0 Å². The number of aliphatic hydroxyl groups excluding tert-OH is 1. The molecule has 2 nitrogen and oxygen atoms in total. The van der Waals surface area contributed by atoms with Gasteiger partial charge in [-0.1, -0.05) is 43.7 Å². The van der Waals surface area contributed by atoms with Crippen LogP contribution in [-0.2, 0) is 0 Å². The van der Waals surface area contributed by atoms with Crippen molar-refractivity contribution < 1.29 is 5.11 Å². The molecule has 1 fully saturated rings. The monoisotopic (exact) mass is 275 g/mol. The summed E-state index contributed by atoms with van der Waals surface area (Å²) in [5.41, 5.74) is 2.75. The van der Waals surface area contributed by atoms with Gasteiger partial charge in [-0.2, -0.15) is 0 Å². The van der Waals surface area contributed by atoms with Crippen molar-refractivity contribution in [3.8, 4) is 0 Å². The van der Waals surface area contributed by atoms with E-state index in [1.54, 1.807) is 0 Å². The maximum absolute atomic E-state index is 10.6. The Labute approximate surface area is 123 Å². The SMILES string of the molecule is CCC1(CC)CCN(C(C)C(O)c2ccc(C)cc2)C1. The summed E-state index contributed by atoms with van der Waals surface area (Å²) in [5.74, 6) is 0. The largest absolute Gasteiger partial charge is 0.387 e. The zero-order chi connectivity index (χ0) is 14.8. The molecule has 2 heteroatoms. The first-order valence-corrected chi connectivity index (χ1v) is 8.00. The smallest absolute Gasteiger partial charge is 0.0942 e. The van der Waals surface area contributed by atoms with Crippen LogP contribution >= 0.6 is 0 Å². The molecule has 1 aliphatic heterocycles. The van der Waals surface area contributed by atoms with Gasteiger partial charge in [0, 0.05) is 12.6 Å². The summed E-state index contributed by atoms with van der Waals surface area (Å²) in [4.78, 5) is 2.47. The lowest BCUT2D eigenvalue weighted by molar-refractivity contribution is 0.0634. The van der Waals surface area contributed by atoms with Crippen LogP contribution in [0.25, 0.3) is 0 Å². The van der Waals surface area contributed by atoms with Gasteiger partial charge < -0.3 is 5.11 Å². The van der Waals surface area contributed by atoms with Gasteiger partial charge >= 0.3 is 0 Å². The van der Waals surface area contributed by atoms with Crippen molar-refractivity contribution in [1.29, 1.82) is 0 Å². The number of likely N-dealkylation sites (tertiary alicyclic amines) is 1. The average Bonchev–Trinajstić information content (AvgIpc) is 2.92. The molecular formula is C18H29NO. The first kappa shape index (κ1) is 15.5. The summed E-state index contributed by atoms with van der Waals surface area (Å²) >= 11 is 0. The zero-order valence-corrected chi connectivity index (χ0v) is 13.4. The second-order valence-corrected chi connectivity index (χ2v) is 6.52. The minimum atomic E-state index is -0.389. The van der Waals surface area contributed by atoms with Gasteiger partial charge in [-0.25, -0.2) is 0 Å². The minimum absolute atomic E-state index is 0.192. The fourth-order valence-corrected chi connectivity index (χ4v) is 3.39. The van der Waals surface area contributed by atoms with E-state index in [1.807, 2.05) is 0 Å². The molecule has 0 amide bonds. The van der Waals surface area contributed by atoms with Crippen molar-refractivity contribution in [2.75, 3.05) is 13.1 Å². The van der Waals surface area contributed by atoms with Crippen LogP contribution in [0.2, 0.25) is 0 Å². The van der Waals surface area contributed by atoms with E-state index < -0.39 is 0 Å². The molecule has 2 rings (SSSR count). The Hall–Kier alpha value is -0.860. The van der Waals surface area contributed by atoms with E-state index in [0.29, 0.717) is 5.41 Å². The summed E-state index contributed by atoms with van der Waals surface area (Å²) in [6, 6.07) is 8.46. The van der Waals surface area contributed by atoms with E-state index in [2.05, 4.69) is 56.9 Å². The van der Waals surface area contributed by atoms with Gasteiger partial charge in [0.25, 0.3) is 0 Å². The van der Waals surface area contributed by atoms with Gasteiger partial charge in [0.15, 0.2) is 0 Å². The number of nitrogens with zero attached hydrogens (tertiary/aromatic N) is 1. The van der Waals surface area contributed by atoms with Gasteiger partial charge in [-0.05, 0) is 50.6 Å². The van der Waals surface area contributed by atoms with Crippen LogP contribution in [0, 0.1) is 12.3 Å². The van der Waals surface area contributed by atoms with Crippen LogP contribution in [0.15, 0.2) is 24.3 Å². The van der Waals surface area contributed by atoms with Crippen LogP contribution in [0.4, 0.5) is 0 Å². The third kappa shape index (κ3) is 3.07. The topological polar surface area (TPSA) is 23.5 Å². The van der Waals surface area contributed by atoms with Crippen molar-refractivity contribution in [3.63, 3.8) is 0 Å². The summed E-state index contributed by atoms with van der Waals surface area (Å²) in [6.07, 6.45) is 3.37. The Morgan fingerprint density at radius 1 is 1.20 bits per heavy atom. The Balaban J connectivity index is 2.04. The Kier molecular flexibility index (Phi) is 4.87. The van der Waals surface area contributed by atoms with Gasteiger partial charge in [0.1, 0.15) is 0 Å². The highest BCUT2D eigenvalue weighted by molar-refractivity contribution is 5.24. The number of hydrogen-bond donors (Lipinski definition) is 1. The molecule has 0 bridgehead atoms. The molecule has 20 heavy (non-hydrogen) atoms. The lowest BCUT2D eigenvalue weighted by atomic mass is 9.82. The fraction of sp³-hybridized carbons (Fsp3) is 0.667. The minimum Gasteiger partial charge on any atom is -0.387 e. The third-order valence-corrected chi connectivity index (χ3v) is 5.42. The first-order chi connectivity index (χ1) is 9.51. The van der Waals surface area contributed by atoms with Crippen LogP contribution in [0.3, 0.4) is 0 Å². The average molecular weight is 275 g/mol. The number of aliphatic hydroxyl groups is 1. The van der Waals surface area contributed by atoms with Crippen molar-refractivity contribution in [2.24, 2.45) is 5.41 Å². The molecule has 1 aliphatic rings. The maximum atomic E-state index is 10.6. The van der Waals surface area contributed by atoms with Crippen molar-refractivity contribution >= 4 is 0 Å². The van der Waals surface area contributed by atoms with Crippen LogP contribution in [0.5, 0.6) is 0 Å². The molecule has 0 saturated carbocycles. The number of rotatable bonds is 5. The highest BCUT2D eigenvalue weighted by Gasteiger charge is 2.38. The second kappa shape index (κ2) is 6.28. The van der Waals surface area contributed by atoms with Crippen LogP contribution in [-0.4, -0.2) is 29.1 Å². The Bertz CT molecular complexity index is 422. The summed E-state index contributed by atoms with van der Waals surface area (Å²) in [6.45, 7) is 11.1. The normalized spacial score (nSPS) is 21.9. The predicted molar refractivity (Wildman–Crippen MR) is 84.8 cm³/mol. The molecule has 0 aliphatic carbocycles. The highest BCUT2D eigenvalue weighted by Crippen LogP contribution is 2.39. The molecule has 0 spiro atoms. The van der Waals surface area contributed by atoms with Crippen molar-refractivity contribution in [2.45, 2.75) is 59.1 Å². The Morgan fingerprint density at radius 3 is 2.30 bits per heavy atom.